The molecule has 0 fully saturated rings. The third-order valence-corrected chi connectivity index (χ3v) is 4.17. The standard InChI is InChI=1S/C15H16O2Si/c1-11-6-5-9-15(12(11)2)18-10-17-14-8-4-3-7-13(14)16/h3-9,16H,10H2,1-2H3. The van der Waals surface area contributed by atoms with E-state index in [0.29, 0.717) is 21.5 Å². The van der Waals surface area contributed by atoms with Gasteiger partial charge in [0, 0.05) is 0 Å². The highest BCUT2D eigenvalue weighted by Crippen LogP contribution is 2.23. The Hall–Kier alpha value is -1.74. The van der Waals surface area contributed by atoms with Gasteiger partial charge in [-0.1, -0.05) is 35.5 Å². The molecule has 0 atom stereocenters. The first-order valence-electron chi connectivity index (χ1n) is 5.89. The van der Waals surface area contributed by atoms with Crippen LogP contribution in [0.3, 0.4) is 0 Å². The van der Waals surface area contributed by atoms with Crippen molar-refractivity contribution in [1.82, 2.24) is 0 Å². The van der Waals surface area contributed by atoms with Gasteiger partial charge >= 0.3 is 0 Å². The van der Waals surface area contributed by atoms with Crippen molar-refractivity contribution in [1.29, 1.82) is 0 Å². The van der Waals surface area contributed by atoms with E-state index in [1.807, 2.05) is 6.07 Å². The van der Waals surface area contributed by atoms with E-state index < -0.39 is 0 Å². The first kappa shape index (κ1) is 12.7. The van der Waals surface area contributed by atoms with Gasteiger partial charge in [0.25, 0.3) is 0 Å². The van der Waals surface area contributed by atoms with E-state index >= 15 is 0 Å². The lowest BCUT2D eigenvalue weighted by molar-refractivity contribution is 0.353. The number of hydrogen-bond donors (Lipinski definition) is 1. The van der Waals surface area contributed by atoms with Crippen LogP contribution in [0.1, 0.15) is 11.1 Å². The molecule has 0 unspecified atom stereocenters. The molecule has 2 aromatic rings. The first-order chi connectivity index (χ1) is 8.68. The molecule has 1 N–H and O–H groups in total. The highest BCUT2D eigenvalue weighted by atomic mass is 28.2. The zero-order valence-electron chi connectivity index (χ0n) is 10.6. The van der Waals surface area contributed by atoms with Crippen molar-refractivity contribution in [2.75, 3.05) is 6.23 Å². The molecule has 0 aromatic heterocycles. The molecule has 0 aliphatic rings. The lowest BCUT2D eigenvalue weighted by Gasteiger charge is -2.09. The van der Waals surface area contributed by atoms with Gasteiger partial charge in [-0.05, 0) is 37.1 Å². The number of phenols is 1. The van der Waals surface area contributed by atoms with Crippen molar-refractivity contribution in [3.63, 3.8) is 0 Å². The molecule has 2 radical (unpaired) electrons. The summed E-state index contributed by atoms with van der Waals surface area (Å²) in [5.41, 5.74) is 2.64. The van der Waals surface area contributed by atoms with Gasteiger partial charge in [0.05, 0.1) is 6.23 Å². The summed E-state index contributed by atoms with van der Waals surface area (Å²) in [4.78, 5) is 0. The van der Waals surface area contributed by atoms with Crippen molar-refractivity contribution >= 4 is 14.7 Å². The fraction of sp³-hybridized carbons (Fsp3) is 0.200. The van der Waals surface area contributed by atoms with Crippen LogP contribution in [0.15, 0.2) is 42.5 Å². The van der Waals surface area contributed by atoms with Crippen LogP contribution in [0.25, 0.3) is 0 Å². The van der Waals surface area contributed by atoms with Crippen LogP contribution in [0.4, 0.5) is 0 Å². The summed E-state index contributed by atoms with van der Waals surface area (Å²) in [5, 5.41) is 10.9. The maximum Gasteiger partial charge on any atom is 0.160 e. The minimum atomic E-state index is 0.197. The molecule has 0 aliphatic heterocycles. The Kier molecular flexibility index (Phi) is 4.05. The summed E-state index contributed by atoms with van der Waals surface area (Å²) in [7, 11) is 0.588. The minimum Gasteiger partial charge on any atom is -0.504 e. The molecule has 0 heterocycles. The van der Waals surface area contributed by atoms with Gasteiger partial charge in [-0.2, -0.15) is 0 Å². The summed E-state index contributed by atoms with van der Waals surface area (Å²) in [6.45, 7) is 4.25. The molecule has 92 valence electrons. The van der Waals surface area contributed by atoms with Gasteiger partial charge in [-0.25, -0.2) is 0 Å². The maximum absolute atomic E-state index is 9.58. The third kappa shape index (κ3) is 2.93. The quantitative estimate of drug-likeness (QED) is 0.851. The highest BCUT2D eigenvalue weighted by Gasteiger charge is 2.04. The van der Waals surface area contributed by atoms with Crippen molar-refractivity contribution in [2.45, 2.75) is 13.8 Å². The number of benzene rings is 2. The second-order valence-corrected chi connectivity index (χ2v) is 5.36. The summed E-state index contributed by atoms with van der Waals surface area (Å²) < 4.78 is 5.60. The normalized spacial score (nSPS) is 10.3. The molecule has 3 heteroatoms. The highest BCUT2D eigenvalue weighted by molar-refractivity contribution is 6.54. The lowest BCUT2D eigenvalue weighted by atomic mass is 10.1. The molecular weight excluding hydrogens is 240 g/mol. The smallest absolute Gasteiger partial charge is 0.160 e. The van der Waals surface area contributed by atoms with Crippen molar-refractivity contribution in [2.24, 2.45) is 0 Å². The Balaban J connectivity index is 1.97. The second kappa shape index (κ2) is 5.73. The lowest BCUT2D eigenvalue weighted by Crippen LogP contribution is -2.24. The maximum atomic E-state index is 9.58. The predicted octanol–water partition coefficient (Wildman–Crippen LogP) is 2.38. The molecule has 18 heavy (non-hydrogen) atoms. The van der Waals surface area contributed by atoms with E-state index in [-0.39, 0.29) is 5.75 Å². The van der Waals surface area contributed by atoms with Crippen LogP contribution in [-0.4, -0.2) is 20.9 Å². The predicted molar refractivity (Wildman–Crippen MR) is 74.9 cm³/mol. The molecule has 2 aromatic carbocycles. The second-order valence-electron chi connectivity index (χ2n) is 4.18. The van der Waals surface area contributed by atoms with E-state index in [1.54, 1.807) is 18.2 Å². The Morgan fingerprint density at radius 1 is 1.06 bits per heavy atom. The number of para-hydroxylation sites is 2. The van der Waals surface area contributed by atoms with E-state index in [2.05, 4.69) is 32.0 Å². The fourth-order valence-electron chi connectivity index (χ4n) is 1.71. The number of ether oxygens (including phenoxy) is 1. The Morgan fingerprint density at radius 3 is 2.61 bits per heavy atom. The molecule has 0 saturated heterocycles. The fourth-order valence-corrected chi connectivity index (χ4v) is 2.77. The van der Waals surface area contributed by atoms with Gasteiger partial charge < -0.3 is 9.84 Å². The van der Waals surface area contributed by atoms with Gasteiger partial charge in [0.2, 0.25) is 0 Å². The number of hydrogen-bond acceptors (Lipinski definition) is 2. The third-order valence-electron chi connectivity index (χ3n) is 2.96. The first-order valence-corrected chi connectivity index (χ1v) is 7.10. The van der Waals surface area contributed by atoms with Gasteiger partial charge in [0.15, 0.2) is 11.5 Å². The van der Waals surface area contributed by atoms with Crippen molar-refractivity contribution < 1.29 is 9.84 Å². The molecule has 0 saturated carbocycles. The van der Waals surface area contributed by atoms with Crippen LogP contribution >= 0.6 is 0 Å². The van der Waals surface area contributed by atoms with Gasteiger partial charge in [-0.15, -0.1) is 0 Å². The summed E-state index contributed by atoms with van der Waals surface area (Å²) in [6.07, 6.45) is 0.599. The zero-order valence-corrected chi connectivity index (χ0v) is 11.6. The average Bonchev–Trinajstić information content (AvgIpc) is 2.37. The monoisotopic (exact) mass is 256 g/mol. The van der Waals surface area contributed by atoms with Gasteiger partial charge in [-0.3, -0.25) is 0 Å². The van der Waals surface area contributed by atoms with Crippen LogP contribution in [0, 0.1) is 13.8 Å². The van der Waals surface area contributed by atoms with E-state index in [1.165, 1.54) is 16.3 Å². The van der Waals surface area contributed by atoms with E-state index in [0.717, 1.165) is 0 Å². The molecule has 0 spiro atoms. The topological polar surface area (TPSA) is 29.5 Å². The zero-order chi connectivity index (χ0) is 13.0. The van der Waals surface area contributed by atoms with Gasteiger partial charge in [0.1, 0.15) is 9.52 Å². The van der Waals surface area contributed by atoms with Crippen LogP contribution in [0.2, 0.25) is 0 Å². The van der Waals surface area contributed by atoms with Crippen molar-refractivity contribution in [3.05, 3.63) is 53.6 Å². The Bertz CT molecular complexity index is 538. The Labute approximate surface area is 110 Å². The number of phenolic OH excluding ortho intramolecular Hbond substituents is 1. The van der Waals surface area contributed by atoms with Crippen LogP contribution < -0.4 is 9.92 Å². The molecule has 0 bridgehead atoms. The molecule has 2 rings (SSSR count). The number of aryl methyl sites for hydroxylation is 1. The summed E-state index contributed by atoms with van der Waals surface area (Å²) in [5.74, 6) is 0.749. The van der Waals surface area contributed by atoms with E-state index in [9.17, 15) is 5.11 Å². The minimum absolute atomic E-state index is 0.197. The summed E-state index contributed by atoms with van der Waals surface area (Å²) >= 11 is 0. The summed E-state index contributed by atoms with van der Waals surface area (Å²) in [6, 6.07) is 13.4. The molecule has 2 nitrogen and oxygen atoms in total. The van der Waals surface area contributed by atoms with Crippen LogP contribution in [-0.2, 0) is 0 Å². The number of aromatic hydroxyl groups is 1. The van der Waals surface area contributed by atoms with E-state index in [4.69, 9.17) is 4.74 Å². The molecule has 0 aliphatic carbocycles. The SMILES string of the molecule is Cc1cccc([Si]COc2ccccc2O)c1C. The van der Waals surface area contributed by atoms with Crippen molar-refractivity contribution in [3.8, 4) is 11.5 Å². The molecular formula is C15H16O2Si. The largest absolute Gasteiger partial charge is 0.504 e. The molecule has 0 amide bonds. The van der Waals surface area contributed by atoms with Crippen LogP contribution in [0.5, 0.6) is 11.5 Å². The Morgan fingerprint density at radius 2 is 1.83 bits per heavy atom. The average molecular weight is 256 g/mol. The number of rotatable bonds is 4.